The van der Waals surface area contributed by atoms with E-state index in [1.54, 1.807) is 18.7 Å². The predicted molar refractivity (Wildman–Crippen MR) is 56.9 cm³/mol. The topological polar surface area (TPSA) is 49.3 Å². The maximum atomic E-state index is 11.2. The van der Waals surface area contributed by atoms with Gasteiger partial charge in [-0.3, -0.25) is 4.79 Å². The van der Waals surface area contributed by atoms with Crippen LogP contribution in [-0.2, 0) is 4.79 Å². The monoisotopic (exact) mass is 205 g/mol. The van der Waals surface area contributed by atoms with Crippen LogP contribution in [0.1, 0.15) is 26.7 Å². The van der Waals surface area contributed by atoms with Gasteiger partial charge >= 0.3 is 0 Å². The Balaban J connectivity index is 3.53. The summed E-state index contributed by atoms with van der Waals surface area (Å²) in [7, 11) is 0. The first-order valence-electron chi connectivity index (χ1n) is 4.52. The van der Waals surface area contributed by atoms with Crippen molar-refractivity contribution in [3.05, 3.63) is 0 Å². The molecule has 3 nitrogen and oxygen atoms in total. The van der Waals surface area contributed by atoms with Crippen molar-refractivity contribution in [3.63, 3.8) is 0 Å². The van der Waals surface area contributed by atoms with Gasteiger partial charge in [0.2, 0.25) is 5.91 Å². The fraction of sp³-hybridized carbons (Fsp3) is 0.889. The number of rotatable bonds is 6. The molecular weight excluding hydrogens is 186 g/mol. The summed E-state index contributed by atoms with van der Waals surface area (Å²) < 4.78 is 0. The van der Waals surface area contributed by atoms with E-state index in [4.69, 9.17) is 5.11 Å². The third-order valence-corrected chi connectivity index (χ3v) is 2.25. The van der Waals surface area contributed by atoms with Crippen molar-refractivity contribution in [2.24, 2.45) is 0 Å². The van der Waals surface area contributed by atoms with Crippen molar-refractivity contribution in [3.8, 4) is 0 Å². The van der Waals surface area contributed by atoms with E-state index in [0.29, 0.717) is 12.8 Å². The first-order chi connectivity index (χ1) is 6.06. The number of hydrogen-bond donors (Lipinski definition) is 2. The fourth-order valence-electron chi connectivity index (χ4n) is 1.11. The van der Waals surface area contributed by atoms with Gasteiger partial charge in [0.05, 0.1) is 6.10 Å². The molecule has 2 unspecified atom stereocenters. The summed E-state index contributed by atoms with van der Waals surface area (Å²) in [5.41, 5.74) is 0. The lowest BCUT2D eigenvalue weighted by Gasteiger charge is -2.14. The minimum atomic E-state index is -0.351. The normalized spacial score (nSPS) is 15.1. The molecule has 0 spiro atoms. The molecule has 0 aromatic carbocycles. The number of nitrogens with one attached hydrogen (secondary N) is 1. The van der Waals surface area contributed by atoms with E-state index < -0.39 is 0 Å². The molecule has 0 aliphatic carbocycles. The van der Waals surface area contributed by atoms with Gasteiger partial charge in [0, 0.05) is 18.2 Å². The number of aliphatic hydroxyl groups is 1. The highest BCUT2D eigenvalue weighted by Gasteiger charge is 2.08. The molecule has 0 bridgehead atoms. The van der Waals surface area contributed by atoms with Gasteiger partial charge in [0.1, 0.15) is 0 Å². The molecule has 0 saturated heterocycles. The van der Waals surface area contributed by atoms with Gasteiger partial charge in [-0.25, -0.2) is 0 Å². The number of amides is 1. The summed E-state index contributed by atoms with van der Waals surface area (Å²) in [6.07, 6.45) is 2.80. The lowest BCUT2D eigenvalue weighted by molar-refractivity contribution is -0.121. The van der Waals surface area contributed by atoms with Gasteiger partial charge in [0.15, 0.2) is 0 Å². The molecule has 2 atom stereocenters. The summed E-state index contributed by atoms with van der Waals surface area (Å²) in [5, 5.41) is 11.9. The molecule has 0 saturated carbocycles. The largest absolute Gasteiger partial charge is 0.393 e. The van der Waals surface area contributed by atoms with Crippen LogP contribution in [0.25, 0.3) is 0 Å². The van der Waals surface area contributed by atoms with Crippen LogP contribution in [0, 0.1) is 0 Å². The number of hydrogen-bond acceptors (Lipinski definition) is 3. The third-order valence-electron chi connectivity index (χ3n) is 1.64. The number of thioether (sulfide) groups is 1. The molecular formula is C9H19NO2S. The van der Waals surface area contributed by atoms with Gasteiger partial charge in [-0.15, -0.1) is 0 Å². The minimum absolute atomic E-state index is 0.0642. The molecule has 1 amide bonds. The van der Waals surface area contributed by atoms with E-state index in [0.717, 1.165) is 5.75 Å². The summed E-state index contributed by atoms with van der Waals surface area (Å²) >= 11 is 1.66. The van der Waals surface area contributed by atoms with Gasteiger partial charge in [0.25, 0.3) is 0 Å². The van der Waals surface area contributed by atoms with Gasteiger partial charge in [-0.1, -0.05) is 0 Å². The highest BCUT2D eigenvalue weighted by molar-refractivity contribution is 7.98. The third kappa shape index (κ3) is 8.12. The van der Waals surface area contributed by atoms with E-state index in [9.17, 15) is 4.79 Å². The molecule has 0 rings (SSSR count). The number of carbonyl (C=O) groups is 1. The quantitative estimate of drug-likeness (QED) is 0.680. The molecule has 4 heteroatoms. The summed E-state index contributed by atoms with van der Waals surface area (Å²) in [6.45, 7) is 3.63. The van der Waals surface area contributed by atoms with Crippen LogP contribution in [0.3, 0.4) is 0 Å². The van der Waals surface area contributed by atoms with Crippen molar-refractivity contribution < 1.29 is 9.90 Å². The van der Waals surface area contributed by atoms with E-state index in [2.05, 4.69) is 5.32 Å². The molecule has 0 aliphatic heterocycles. The van der Waals surface area contributed by atoms with Gasteiger partial charge in [-0.2, -0.15) is 11.8 Å². The van der Waals surface area contributed by atoms with E-state index in [1.165, 1.54) is 0 Å². The zero-order valence-corrected chi connectivity index (χ0v) is 9.36. The molecule has 0 aromatic heterocycles. The maximum Gasteiger partial charge on any atom is 0.221 e. The molecule has 0 fully saturated rings. The predicted octanol–water partition coefficient (Wildman–Crippen LogP) is 1.02. The Labute approximate surface area is 84.3 Å². The highest BCUT2D eigenvalue weighted by atomic mass is 32.2. The van der Waals surface area contributed by atoms with E-state index in [1.807, 2.05) is 13.2 Å². The lowest BCUT2D eigenvalue weighted by atomic mass is 10.1. The molecule has 0 aliphatic rings. The average Bonchev–Trinajstić information content (AvgIpc) is 1.98. The summed E-state index contributed by atoms with van der Waals surface area (Å²) in [5.74, 6) is 0.926. The smallest absolute Gasteiger partial charge is 0.221 e. The van der Waals surface area contributed by atoms with Crippen molar-refractivity contribution in [2.45, 2.75) is 38.8 Å². The van der Waals surface area contributed by atoms with Crippen LogP contribution in [0.2, 0.25) is 0 Å². The van der Waals surface area contributed by atoms with Crippen LogP contribution < -0.4 is 5.32 Å². The first kappa shape index (κ1) is 12.8. The Morgan fingerprint density at radius 2 is 2.15 bits per heavy atom. The van der Waals surface area contributed by atoms with E-state index >= 15 is 0 Å². The Kier molecular flexibility index (Phi) is 7.09. The second-order valence-electron chi connectivity index (χ2n) is 3.30. The molecule has 0 heterocycles. The zero-order chi connectivity index (χ0) is 10.3. The van der Waals surface area contributed by atoms with Crippen LogP contribution in [0.5, 0.6) is 0 Å². The standard InChI is InChI=1S/C9H19NO2S/c1-7(6-8(2)11)10-9(12)4-5-13-3/h7-8,11H,4-6H2,1-3H3,(H,10,12). The van der Waals surface area contributed by atoms with Crippen molar-refractivity contribution in [2.75, 3.05) is 12.0 Å². The Bertz CT molecular complexity index is 151. The SMILES string of the molecule is CSCCC(=O)NC(C)CC(C)O. The molecule has 78 valence electrons. The minimum Gasteiger partial charge on any atom is -0.393 e. The summed E-state index contributed by atoms with van der Waals surface area (Å²) in [4.78, 5) is 11.2. The van der Waals surface area contributed by atoms with Crippen LogP contribution in [-0.4, -0.2) is 35.2 Å². The maximum absolute atomic E-state index is 11.2. The fourth-order valence-corrected chi connectivity index (χ4v) is 1.50. The second kappa shape index (κ2) is 7.21. The van der Waals surface area contributed by atoms with Gasteiger partial charge in [-0.05, 0) is 26.5 Å². The zero-order valence-electron chi connectivity index (χ0n) is 8.54. The van der Waals surface area contributed by atoms with Crippen molar-refractivity contribution in [1.82, 2.24) is 5.32 Å². The Hall–Kier alpha value is -0.220. The molecule has 13 heavy (non-hydrogen) atoms. The molecule has 0 radical (unpaired) electrons. The average molecular weight is 205 g/mol. The Morgan fingerprint density at radius 1 is 1.54 bits per heavy atom. The summed E-state index contributed by atoms with van der Waals surface area (Å²) in [6, 6.07) is 0.0642. The van der Waals surface area contributed by atoms with Crippen LogP contribution in [0.4, 0.5) is 0 Å². The first-order valence-corrected chi connectivity index (χ1v) is 5.92. The highest BCUT2D eigenvalue weighted by Crippen LogP contribution is 1.99. The molecule has 0 aromatic rings. The van der Waals surface area contributed by atoms with Crippen LogP contribution >= 0.6 is 11.8 Å². The Morgan fingerprint density at radius 3 is 2.62 bits per heavy atom. The van der Waals surface area contributed by atoms with Gasteiger partial charge < -0.3 is 10.4 Å². The van der Waals surface area contributed by atoms with Crippen LogP contribution in [0.15, 0.2) is 0 Å². The second-order valence-corrected chi connectivity index (χ2v) is 4.28. The van der Waals surface area contributed by atoms with E-state index in [-0.39, 0.29) is 18.1 Å². The van der Waals surface area contributed by atoms with Crippen molar-refractivity contribution >= 4 is 17.7 Å². The number of aliphatic hydroxyl groups excluding tert-OH is 1. The lowest BCUT2D eigenvalue weighted by Crippen LogP contribution is -2.34. The van der Waals surface area contributed by atoms with Crippen molar-refractivity contribution in [1.29, 1.82) is 0 Å². The molecule has 2 N–H and O–H groups in total. The number of carbonyl (C=O) groups excluding carboxylic acids is 1.